The Morgan fingerprint density at radius 2 is 2.00 bits per heavy atom. The van der Waals surface area contributed by atoms with Crippen LogP contribution < -0.4 is 11.1 Å². The highest BCUT2D eigenvalue weighted by atomic mass is 19.1. The van der Waals surface area contributed by atoms with Crippen molar-refractivity contribution in [2.75, 3.05) is 6.54 Å². The summed E-state index contributed by atoms with van der Waals surface area (Å²) in [4.78, 5) is 15.5. The van der Waals surface area contributed by atoms with Crippen LogP contribution in [0.5, 0.6) is 0 Å². The summed E-state index contributed by atoms with van der Waals surface area (Å²) in [6.45, 7) is 2.95. The third-order valence-electron chi connectivity index (χ3n) is 7.93. The number of nitrogens with one attached hydrogen (secondary N) is 1. The number of urea groups is 1. The molecule has 3 aliphatic rings. The van der Waals surface area contributed by atoms with Gasteiger partial charge in [-0.05, 0) is 80.6 Å². The van der Waals surface area contributed by atoms with Gasteiger partial charge in [-0.1, -0.05) is 62.5 Å². The van der Waals surface area contributed by atoms with Crippen LogP contribution in [-0.4, -0.2) is 29.6 Å². The SMILES string of the molecule is CCCCCCC1CC=CC2=C(CCN(C(=O)N[C@@H]3CCC[C@@H](N)C3)[C@H]2c2ccc(F)cc2)C1. The molecule has 1 unspecified atom stereocenters. The van der Waals surface area contributed by atoms with Crippen molar-refractivity contribution in [3.8, 4) is 0 Å². The quantitative estimate of drug-likeness (QED) is 0.434. The number of nitrogens with two attached hydrogens (primary N) is 1. The highest BCUT2D eigenvalue weighted by Gasteiger charge is 2.35. The third kappa shape index (κ3) is 6.29. The molecule has 1 saturated carbocycles. The zero-order valence-electron chi connectivity index (χ0n) is 20.8. The molecule has 1 aromatic rings. The van der Waals surface area contributed by atoms with E-state index in [1.54, 1.807) is 0 Å². The normalized spacial score (nSPS) is 27.3. The van der Waals surface area contributed by atoms with Crippen molar-refractivity contribution in [1.29, 1.82) is 0 Å². The molecule has 0 radical (unpaired) electrons. The standard InChI is InChI=1S/C29H42FN3O/c1-2-3-4-5-8-21-9-6-12-27-23(19-21)17-18-33(28(27)22-13-15-24(30)16-14-22)29(34)32-26-11-7-10-25(31)20-26/h6,12-16,21,25-26,28H,2-5,7-11,17-20,31H2,1H3,(H,32,34)/t21?,25-,26-,28+/m1/s1. The average Bonchev–Trinajstić information content (AvgIpc) is 3.04. The van der Waals surface area contributed by atoms with E-state index in [1.807, 2.05) is 17.0 Å². The number of carbonyl (C=O) groups excluding carboxylic acids is 1. The number of hydrogen-bond acceptors (Lipinski definition) is 2. The van der Waals surface area contributed by atoms with Gasteiger partial charge >= 0.3 is 6.03 Å². The van der Waals surface area contributed by atoms with Gasteiger partial charge in [0.25, 0.3) is 0 Å². The molecule has 4 nitrogen and oxygen atoms in total. The second-order valence-electron chi connectivity index (χ2n) is 10.6. The predicted octanol–water partition coefficient (Wildman–Crippen LogP) is 6.79. The molecule has 1 fully saturated rings. The molecule has 4 rings (SSSR count). The van der Waals surface area contributed by atoms with Gasteiger partial charge in [-0.3, -0.25) is 0 Å². The van der Waals surface area contributed by atoms with Gasteiger partial charge in [0.2, 0.25) is 0 Å². The lowest BCUT2D eigenvalue weighted by Gasteiger charge is -2.40. The number of halogens is 1. The van der Waals surface area contributed by atoms with E-state index in [2.05, 4.69) is 24.4 Å². The maximum atomic E-state index is 13.7. The van der Waals surface area contributed by atoms with Crippen molar-refractivity contribution in [2.45, 2.75) is 102 Å². The molecule has 2 aliphatic carbocycles. The zero-order chi connectivity index (χ0) is 23.9. The Morgan fingerprint density at radius 1 is 1.18 bits per heavy atom. The number of amides is 2. The van der Waals surface area contributed by atoms with E-state index in [1.165, 1.54) is 55.4 Å². The molecule has 2 amide bonds. The molecule has 1 aromatic carbocycles. The Kier molecular flexibility index (Phi) is 8.82. The zero-order valence-corrected chi connectivity index (χ0v) is 20.8. The molecule has 5 heteroatoms. The van der Waals surface area contributed by atoms with Crippen LogP contribution in [0.3, 0.4) is 0 Å². The fourth-order valence-corrected chi connectivity index (χ4v) is 6.06. The van der Waals surface area contributed by atoms with Gasteiger partial charge in [-0.15, -0.1) is 0 Å². The van der Waals surface area contributed by atoms with Crippen LogP contribution in [0.1, 0.15) is 95.6 Å². The first kappa shape index (κ1) is 25.0. The Balaban J connectivity index is 1.55. The first-order chi connectivity index (χ1) is 16.5. The minimum Gasteiger partial charge on any atom is -0.335 e. The fourth-order valence-electron chi connectivity index (χ4n) is 6.06. The summed E-state index contributed by atoms with van der Waals surface area (Å²) in [7, 11) is 0. The minimum atomic E-state index is -0.246. The molecule has 186 valence electrons. The van der Waals surface area contributed by atoms with Crippen molar-refractivity contribution in [2.24, 2.45) is 11.7 Å². The van der Waals surface area contributed by atoms with E-state index < -0.39 is 0 Å². The van der Waals surface area contributed by atoms with Gasteiger partial charge in [-0.2, -0.15) is 0 Å². The molecular weight excluding hydrogens is 425 g/mol. The van der Waals surface area contributed by atoms with E-state index in [0.29, 0.717) is 12.5 Å². The molecule has 0 bridgehead atoms. The van der Waals surface area contributed by atoms with Gasteiger partial charge in [0, 0.05) is 18.6 Å². The summed E-state index contributed by atoms with van der Waals surface area (Å²) < 4.78 is 13.7. The van der Waals surface area contributed by atoms with Crippen LogP contribution in [-0.2, 0) is 0 Å². The van der Waals surface area contributed by atoms with E-state index in [-0.39, 0.29) is 30.0 Å². The van der Waals surface area contributed by atoms with Crippen LogP contribution in [0.15, 0.2) is 47.6 Å². The summed E-state index contributed by atoms with van der Waals surface area (Å²) in [5.74, 6) is 0.433. The lowest BCUT2D eigenvalue weighted by molar-refractivity contribution is 0.171. The van der Waals surface area contributed by atoms with Crippen LogP contribution in [0, 0.1) is 11.7 Å². The van der Waals surface area contributed by atoms with Gasteiger partial charge in [-0.25, -0.2) is 9.18 Å². The highest BCUT2D eigenvalue weighted by Crippen LogP contribution is 2.41. The predicted molar refractivity (Wildman–Crippen MR) is 137 cm³/mol. The summed E-state index contributed by atoms with van der Waals surface area (Å²) in [6, 6.07) is 6.82. The van der Waals surface area contributed by atoms with Gasteiger partial charge in [0.15, 0.2) is 0 Å². The van der Waals surface area contributed by atoms with E-state index in [0.717, 1.165) is 50.5 Å². The lowest BCUT2D eigenvalue weighted by Crippen LogP contribution is -2.50. The second-order valence-corrected chi connectivity index (χ2v) is 10.6. The number of carbonyl (C=O) groups is 1. The topological polar surface area (TPSA) is 58.4 Å². The van der Waals surface area contributed by atoms with Crippen molar-refractivity contribution in [1.82, 2.24) is 10.2 Å². The first-order valence-electron chi connectivity index (χ1n) is 13.5. The van der Waals surface area contributed by atoms with Crippen molar-refractivity contribution < 1.29 is 9.18 Å². The summed E-state index contributed by atoms with van der Waals surface area (Å²) in [5, 5.41) is 3.28. The van der Waals surface area contributed by atoms with Gasteiger partial charge < -0.3 is 16.0 Å². The number of rotatable bonds is 7. The largest absolute Gasteiger partial charge is 0.335 e. The maximum absolute atomic E-state index is 13.7. The van der Waals surface area contributed by atoms with E-state index in [9.17, 15) is 9.18 Å². The molecule has 0 spiro atoms. The summed E-state index contributed by atoms with van der Waals surface area (Å²) >= 11 is 0. The number of hydrogen-bond donors (Lipinski definition) is 2. The molecule has 34 heavy (non-hydrogen) atoms. The molecule has 4 atom stereocenters. The number of nitrogens with zero attached hydrogens (tertiary/aromatic N) is 1. The molecule has 1 heterocycles. The van der Waals surface area contributed by atoms with E-state index >= 15 is 0 Å². The van der Waals surface area contributed by atoms with Gasteiger partial charge in [0.1, 0.15) is 5.82 Å². The Labute approximate surface area is 204 Å². The van der Waals surface area contributed by atoms with Crippen LogP contribution in [0.2, 0.25) is 0 Å². The van der Waals surface area contributed by atoms with E-state index in [4.69, 9.17) is 5.73 Å². The van der Waals surface area contributed by atoms with Crippen LogP contribution >= 0.6 is 0 Å². The van der Waals surface area contributed by atoms with Crippen molar-refractivity contribution in [3.63, 3.8) is 0 Å². The average molecular weight is 468 g/mol. The second kappa shape index (κ2) is 12.0. The highest BCUT2D eigenvalue weighted by molar-refractivity contribution is 5.76. The summed E-state index contributed by atoms with van der Waals surface area (Å²) in [6.07, 6.45) is 18.1. The molecule has 1 aliphatic heterocycles. The van der Waals surface area contributed by atoms with Crippen molar-refractivity contribution >= 4 is 6.03 Å². The Morgan fingerprint density at radius 3 is 2.76 bits per heavy atom. The Bertz CT molecular complexity index is 878. The maximum Gasteiger partial charge on any atom is 0.318 e. The summed E-state index contributed by atoms with van der Waals surface area (Å²) in [5.41, 5.74) is 9.86. The minimum absolute atomic E-state index is 0.0197. The van der Waals surface area contributed by atoms with Crippen molar-refractivity contribution in [3.05, 3.63) is 58.9 Å². The Hall–Kier alpha value is -2.14. The fraction of sp³-hybridized carbons (Fsp3) is 0.621. The smallest absolute Gasteiger partial charge is 0.318 e. The number of unbranched alkanes of at least 4 members (excludes halogenated alkanes) is 3. The molecule has 0 aromatic heterocycles. The molecular formula is C29H42FN3O. The molecule has 0 saturated heterocycles. The van der Waals surface area contributed by atoms with Gasteiger partial charge in [0.05, 0.1) is 6.04 Å². The lowest BCUT2D eigenvalue weighted by atomic mass is 9.84. The van der Waals surface area contributed by atoms with Crippen LogP contribution in [0.25, 0.3) is 0 Å². The third-order valence-corrected chi connectivity index (χ3v) is 7.93. The first-order valence-corrected chi connectivity index (χ1v) is 13.5. The monoisotopic (exact) mass is 467 g/mol. The van der Waals surface area contributed by atoms with Crippen LogP contribution in [0.4, 0.5) is 9.18 Å². The molecule has 3 N–H and O–H groups in total. The number of allylic oxidation sites excluding steroid dienone is 1. The number of benzene rings is 1.